The van der Waals surface area contributed by atoms with E-state index in [2.05, 4.69) is 49.2 Å². The molecule has 2 aromatic rings. The molecule has 2 nitrogen and oxygen atoms in total. The molecule has 1 aromatic heterocycles. The van der Waals surface area contributed by atoms with Crippen LogP contribution < -0.4 is 5.73 Å². The van der Waals surface area contributed by atoms with Gasteiger partial charge in [0.2, 0.25) is 0 Å². The van der Waals surface area contributed by atoms with Gasteiger partial charge in [-0.3, -0.25) is 4.98 Å². The second-order valence-corrected chi connectivity index (χ2v) is 5.17. The maximum absolute atomic E-state index is 6.00. The van der Waals surface area contributed by atoms with Gasteiger partial charge in [0.15, 0.2) is 0 Å². The van der Waals surface area contributed by atoms with Crippen LogP contribution in [0.2, 0.25) is 0 Å². The van der Waals surface area contributed by atoms with E-state index in [1.54, 1.807) is 6.20 Å². The predicted molar refractivity (Wildman–Crippen MR) is 75.5 cm³/mol. The number of aryl methyl sites for hydroxylation is 1. The molecule has 0 bridgehead atoms. The summed E-state index contributed by atoms with van der Waals surface area (Å²) < 4.78 is 0. The molecule has 0 aliphatic carbocycles. The lowest BCUT2D eigenvalue weighted by molar-refractivity contribution is 0.480. The Morgan fingerprint density at radius 2 is 1.89 bits per heavy atom. The van der Waals surface area contributed by atoms with Crippen molar-refractivity contribution >= 4 is 0 Å². The number of hydrogen-bond donors (Lipinski definition) is 1. The number of hydrogen-bond acceptors (Lipinski definition) is 2. The summed E-state index contributed by atoms with van der Waals surface area (Å²) in [5.41, 5.74) is 9.77. The zero-order chi connectivity index (χ0) is 13.0. The highest BCUT2D eigenvalue weighted by atomic mass is 14.6. The normalized spacial score (nSPS) is 14.2. The minimum atomic E-state index is -0.0310. The van der Waals surface area contributed by atoms with Gasteiger partial charge < -0.3 is 5.73 Å². The lowest BCUT2D eigenvalue weighted by Gasteiger charge is -2.29. The van der Waals surface area contributed by atoms with E-state index in [4.69, 9.17) is 5.73 Å². The Morgan fingerprint density at radius 3 is 2.44 bits per heavy atom. The molecule has 0 aliphatic heterocycles. The third-order valence-corrected chi connectivity index (χ3v) is 3.52. The Morgan fingerprint density at radius 1 is 1.17 bits per heavy atom. The first-order valence-electron chi connectivity index (χ1n) is 6.30. The molecule has 1 aromatic carbocycles. The second kappa shape index (κ2) is 5.32. The largest absolute Gasteiger partial charge is 0.330 e. The number of rotatable bonds is 4. The van der Waals surface area contributed by atoms with Gasteiger partial charge in [-0.05, 0) is 30.5 Å². The molecular formula is C16H20N2. The molecule has 1 atom stereocenters. The summed E-state index contributed by atoms with van der Waals surface area (Å²) in [7, 11) is 0. The zero-order valence-corrected chi connectivity index (χ0v) is 11.1. The summed E-state index contributed by atoms with van der Waals surface area (Å²) >= 11 is 0. The Hall–Kier alpha value is -1.67. The molecule has 1 unspecified atom stereocenters. The number of nitrogens with zero attached hydrogens (tertiary/aromatic N) is 1. The van der Waals surface area contributed by atoms with Crippen molar-refractivity contribution in [3.63, 3.8) is 0 Å². The monoisotopic (exact) mass is 240 g/mol. The molecule has 94 valence electrons. The molecule has 2 heteroatoms. The van der Waals surface area contributed by atoms with Gasteiger partial charge in [0.05, 0.1) is 0 Å². The van der Waals surface area contributed by atoms with Gasteiger partial charge in [0.25, 0.3) is 0 Å². The van der Waals surface area contributed by atoms with E-state index in [0.29, 0.717) is 6.54 Å². The van der Waals surface area contributed by atoms with Crippen molar-refractivity contribution in [1.82, 2.24) is 4.98 Å². The molecule has 0 saturated heterocycles. The molecule has 0 amide bonds. The van der Waals surface area contributed by atoms with Gasteiger partial charge >= 0.3 is 0 Å². The molecule has 1 heterocycles. The maximum Gasteiger partial charge on any atom is 0.0300 e. The standard InChI is InChI=1S/C16H20N2/c1-13-5-7-15(8-6-13)16(2,12-17)10-14-4-3-9-18-11-14/h3-9,11H,10,12,17H2,1-2H3. The Bertz CT molecular complexity index is 490. The average Bonchev–Trinajstić information content (AvgIpc) is 2.40. The molecular weight excluding hydrogens is 220 g/mol. The van der Waals surface area contributed by atoms with Gasteiger partial charge in [-0.15, -0.1) is 0 Å². The lowest BCUT2D eigenvalue weighted by atomic mass is 9.77. The molecule has 0 aliphatic rings. The molecule has 18 heavy (non-hydrogen) atoms. The van der Waals surface area contributed by atoms with Crippen LogP contribution in [-0.2, 0) is 11.8 Å². The van der Waals surface area contributed by atoms with E-state index in [0.717, 1.165) is 6.42 Å². The highest BCUT2D eigenvalue weighted by Crippen LogP contribution is 2.27. The first-order valence-corrected chi connectivity index (χ1v) is 6.30. The van der Waals surface area contributed by atoms with Crippen LogP contribution in [0.25, 0.3) is 0 Å². The van der Waals surface area contributed by atoms with Crippen molar-refractivity contribution in [1.29, 1.82) is 0 Å². The maximum atomic E-state index is 6.00. The topological polar surface area (TPSA) is 38.9 Å². The van der Waals surface area contributed by atoms with Crippen molar-refractivity contribution in [2.45, 2.75) is 25.7 Å². The number of benzene rings is 1. The van der Waals surface area contributed by atoms with Crippen molar-refractivity contribution in [2.24, 2.45) is 5.73 Å². The van der Waals surface area contributed by atoms with Crippen LogP contribution in [0.4, 0.5) is 0 Å². The Labute approximate surface area is 109 Å². The molecule has 2 N–H and O–H groups in total. The van der Waals surface area contributed by atoms with E-state index < -0.39 is 0 Å². The highest BCUT2D eigenvalue weighted by molar-refractivity contribution is 5.31. The third-order valence-electron chi connectivity index (χ3n) is 3.52. The SMILES string of the molecule is Cc1ccc(C(C)(CN)Cc2cccnc2)cc1. The Kier molecular flexibility index (Phi) is 3.78. The molecule has 0 saturated carbocycles. The third kappa shape index (κ3) is 2.77. The second-order valence-electron chi connectivity index (χ2n) is 5.17. The first kappa shape index (κ1) is 12.8. The lowest BCUT2D eigenvalue weighted by Crippen LogP contribution is -2.34. The van der Waals surface area contributed by atoms with Gasteiger partial charge in [-0.25, -0.2) is 0 Å². The van der Waals surface area contributed by atoms with Crippen molar-refractivity contribution in [2.75, 3.05) is 6.54 Å². The number of nitrogens with two attached hydrogens (primary N) is 1. The van der Waals surface area contributed by atoms with Crippen molar-refractivity contribution in [3.8, 4) is 0 Å². The van der Waals surface area contributed by atoms with E-state index in [9.17, 15) is 0 Å². The van der Waals surface area contributed by atoms with E-state index in [1.165, 1.54) is 16.7 Å². The van der Waals surface area contributed by atoms with Gasteiger partial charge in [0, 0.05) is 24.4 Å². The highest BCUT2D eigenvalue weighted by Gasteiger charge is 2.25. The minimum Gasteiger partial charge on any atom is -0.330 e. The summed E-state index contributed by atoms with van der Waals surface area (Å²) in [6.45, 7) is 4.94. The van der Waals surface area contributed by atoms with Crippen LogP contribution in [0, 0.1) is 6.92 Å². The van der Waals surface area contributed by atoms with Crippen LogP contribution in [-0.4, -0.2) is 11.5 Å². The summed E-state index contributed by atoms with van der Waals surface area (Å²) in [6.07, 6.45) is 4.64. The molecule has 0 radical (unpaired) electrons. The van der Waals surface area contributed by atoms with Crippen LogP contribution in [0.15, 0.2) is 48.8 Å². The smallest absolute Gasteiger partial charge is 0.0300 e. The number of aromatic nitrogens is 1. The summed E-state index contributed by atoms with van der Waals surface area (Å²) in [5, 5.41) is 0. The first-order chi connectivity index (χ1) is 8.64. The van der Waals surface area contributed by atoms with Gasteiger partial charge in [-0.1, -0.05) is 42.8 Å². The fourth-order valence-electron chi connectivity index (χ4n) is 2.20. The van der Waals surface area contributed by atoms with Crippen LogP contribution in [0.1, 0.15) is 23.6 Å². The minimum absolute atomic E-state index is 0.0310. The van der Waals surface area contributed by atoms with E-state index in [1.807, 2.05) is 12.3 Å². The molecule has 0 fully saturated rings. The summed E-state index contributed by atoms with van der Waals surface area (Å²) in [5.74, 6) is 0. The number of pyridine rings is 1. The van der Waals surface area contributed by atoms with E-state index >= 15 is 0 Å². The predicted octanol–water partition coefficient (Wildman–Crippen LogP) is 2.85. The van der Waals surface area contributed by atoms with Crippen LogP contribution in [0.5, 0.6) is 0 Å². The quantitative estimate of drug-likeness (QED) is 0.892. The summed E-state index contributed by atoms with van der Waals surface area (Å²) in [6, 6.07) is 12.7. The summed E-state index contributed by atoms with van der Waals surface area (Å²) in [4.78, 5) is 4.17. The van der Waals surface area contributed by atoms with Crippen LogP contribution in [0.3, 0.4) is 0 Å². The zero-order valence-electron chi connectivity index (χ0n) is 11.1. The van der Waals surface area contributed by atoms with Crippen molar-refractivity contribution < 1.29 is 0 Å². The molecule has 2 rings (SSSR count). The van der Waals surface area contributed by atoms with E-state index in [-0.39, 0.29) is 5.41 Å². The average molecular weight is 240 g/mol. The van der Waals surface area contributed by atoms with Gasteiger partial charge in [0.1, 0.15) is 0 Å². The fraction of sp³-hybridized carbons (Fsp3) is 0.312. The fourth-order valence-corrected chi connectivity index (χ4v) is 2.20. The van der Waals surface area contributed by atoms with Gasteiger partial charge in [-0.2, -0.15) is 0 Å². The Balaban J connectivity index is 2.28. The van der Waals surface area contributed by atoms with Crippen molar-refractivity contribution in [3.05, 3.63) is 65.5 Å². The molecule has 0 spiro atoms. The van der Waals surface area contributed by atoms with Crippen LogP contribution >= 0.6 is 0 Å².